The number of aromatic nitrogens is 3. The molecule has 0 bridgehead atoms. The van der Waals surface area contributed by atoms with Crippen molar-refractivity contribution >= 4 is 17.1 Å². The Kier molecular flexibility index (Phi) is 5.07. The average molecular weight is 378 g/mol. The summed E-state index contributed by atoms with van der Waals surface area (Å²) in [6, 6.07) is 18.1. The number of imidazole rings is 1. The molecule has 5 heteroatoms. The van der Waals surface area contributed by atoms with Gasteiger partial charge < -0.3 is 4.74 Å². The molecule has 0 atom stereocenters. The average Bonchev–Trinajstić information content (AvgIpc) is 3.10. The summed E-state index contributed by atoms with van der Waals surface area (Å²) in [5.74, 6) is 1.67. The van der Waals surface area contributed by atoms with Gasteiger partial charge in [0, 0.05) is 23.5 Å². The van der Waals surface area contributed by atoms with Crippen LogP contribution in [0, 0.1) is 0 Å². The van der Waals surface area contributed by atoms with Crippen LogP contribution in [0.25, 0.3) is 28.2 Å². The summed E-state index contributed by atoms with van der Waals surface area (Å²) in [7, 11) is 0. The zero-order valence-electron chi connectivity index (χ0n) is 15.1. The Morgan fingerprint density at radius 2 is 1.85 bits per heavy atom. The van der Waals surface area contributed by atoms with Gasteiger partial charge in [-0.2, -0.15) is 0 Å². The maximum absolute atomic E-state index is 6.45. The number of unbranched alkanes of at least 4 members (excludes halogenated alkanes) is 1. The van der Waals surface area contributed by atoms with E-state index in [0.29, 0.717) is 11.8 Å². The molecule has 0 saturated carbocycles. The normalized spacial score (nSPS) is 11.0. The van der Waals surface area contributed by atoms with Crippen LogP contribution in [0.3, 0.4) is 0 Å². The van der Waals surface area contributed by atoms with E-state index in [1.54, 1.807) is 6.20 Å². The Morgan fingerprint density at radius 3 is 2.67 bits per heavy atom. The molecule has 0 spiro atoms. The van der Waals surface area contributed by atoms with Crippen molar-refractivity contribution in [3.8, 4) is 28.4 Å². The minimum atomic E-state index is 0.430. The maximum Gasteiger partial charge on any atom is 0.155 e. The first-order valence-electron chi connectivity index (χ1n) is 9.09. The Hall–Kier alpha value is -2.85. The van der Waals surface area contributed by atoms with E-state index in [2.05, 4.69) is 11.9 Å². The van der Waals surface area contributed by atoms with Crippen molar-refractivity contribution < 1.29 is 4.74 Å². The fourth-order valence-electron chi connectivity index (χ4n) is 3.06. The molecular weight excluding hydrogens is 358 g/mol. The fraction of sp³-hybridized carbons (Fsp3) is 0.182. The molecule has 0 aliphatic carbocycles. The molecule has 2 aromatic carbocycles. The zero-order chi connectivity index (χ0) is 18.6. The first-order chi connectivity index (χ1) is 13.3. The number of ether oxygens (including phenoxy) is 1. The highest BCUT2D eigenvalue weighted by atomic mass is 35.5. The van der Waals surface area contributed by atoms with Gasteiger partial charge in [0.15, 0.2) is 5.15 Å². The van der Waals surface area contributed by atoms with Crippen molar-refractivity contribution in [1.29, 1.82) is 0 Å². The molecule has 0 amide bonds. The summed E-state index contributed by atoms with van der Waals surface area (Å²) in [6.07, 6.45) is 5.72. The van der Waals surface area contributed by atoms with Crippen molar-refractivity contribution in [3.63, 3.8) is 0 Å². The lowest BCUT2D eigenvalue weighted by Crippen LogP contribution is -1.96. The van der Waals surface area contributed by atoms with Gasteiger partial charge in [0.05, 0.1) is 6.61 Å². The summed E-state index contributed by atoms with van der Waals surface area (Å²) in [5.41, 5.74) is 3.58. The van der Waals surface area contributed by atoms with E-state index in [0.717, 1.165) is 46.8 Å². The molecule has 4 nitrogen and oxygen atoms in total. The van der Waals surface area contributed by atoms with Crippen molar-refractivity contribution in [2.75, 3.05) is 6.61 Å². The molecular formula is C22H20ClN3O. The molecule has 2 aromatic heterocycles. The minimum absolute atomic E-state index is 0.430. The molecule has 0 aliphatic rings. The van der Waals surface area contributed by atoms with Crippen LogP contribution in [0.2, 0.25) is 5.15 Å². The molecule has 2 heterocycles. The second kappa shape index (κ2) is 7.80. The van der Waals surface area contributed by atoms with Crippen molar-refractivity contribution in [1.82, 2.24) is 14.4 Å². The number of halogens is 1. The van der Waals surface area contributed by atoms with Crippen LogP contribution >= 0.6 is 11.6 Å². The van der Waals surface area contributed by atoms with Crippen LogP contribution in [-0.2, 0) is 0 Å². The third-order valence-electron chi connectivity index (χ3n) is 4.42. The molecule has 0 unspecified atom stereocenters. The lowest BCUT2D eigenvalue weighted by Gasteiger charge is -2.07. The Labute approximate surface area is 163 Å². The van der Waals surface area contributed by atoms with E-state index < -0.39 is 0 Å². The lowest BCUT2D eigenvalue weighted by molar-refractivity contribution is 0.309. The third kappa shape index (κ3) is 3.53. The van der Waals surface area contributed by atoms with Crippen molar-refractivity contribution in [3.05, 3.63) is 72.1 Å². The number of nitrogens with zero attached hydrogens (tertiary/aromatic N) is 3. The van der Waals surface area contributed by atoms with E-state index in [1.807, 2.05) is 65.2 Å². The van der Waals surface area contributed by atoms with Gasteiger partial charge in [0.25, 0.3) is 0 Å². The second-order valence-electron chi connectivity index (χ2n) is 6.32. The van der Waals surface area contributed by atoms with Gasteiger partial charge in [0.1, 0.15) is 22.8 Å². The number of hydrogen-bond donors (Lipinski definition) is 0. The molecule has 0 radical (unpaired) electrons. The highest BCUT2D eigenvalue weighted by molar-refractivity contribution is 6.33. The molecule has 4 aromatic rings. The third-order valence-corrected chi connectivity index (χ3v) is 4.69. The van der Waals surface area contributed by atoms with Crippen molar-refractivity contribution in [2.45, 2.75) is 19.8 Å². The van der Waals surface area contributed by atoms with Gasteiger partial charge in [-0.1, -0.05) is 67.4 Å². The van der Waals surface area contributed by atoms with Crippen LogP contribution in [0.5, 0.6) is 5.75 Å². The number of benzene rings is 2. The highest BCUT2D eigenvalue weighted by Crippen LogP contribution is 2.34. The van der Waals surface area contributed by atoms with Crippen LogP contribution in [0.15, 0.2) is 67.0 Å². The summed E-state index contributed by atoms with van der Waals surface area (Å²) in [6.45, 7) is 2.86. The van der Waals surface area contributed by atoms with Crippen molar-refractivity contribution in [2.24, 2.45) is 0 Å². The predicted molar refractivity (Wildman–Crippen MR) is 109 cm³/mol. The first-order valence-corrected chi connectivity index (χ1v) is 9.47. The SMILES string of the molecule is CCCCOc1cccc(-c2nc(-c3ccccc3)n3ccnc(Cl)c23)c1. The largest absolute Gasteiger partial charge is 0.494 e. The second-order valence-corrected chi connectivity index (χ2v) is 6.67. The topological polar surface area (TPSA) is 39.4 Å². The monoisotopic (exact) mass is 377 g/mol. The van der Waals surface area contributed by atoms with Gasteiger partial charge in [-0.25, -0.2) is 9.97 Å². The van der Waals surface area contributed by atoms with Crippen LogP contribution in [-0.4, -0.2) is 21.0 Å². The fourth-order valence-corrected chi connectivity index (χ4v) is 3.30. The zero-order valence-corrected chi connectivity index (χ0v) is 15.9. The van der Waals surface area contributed by atoms with E-state index in [-0.39, 0.29) is 0 Å². The summed E-state index contributed by atoms with van der Waals surface area (Å²) >= 11 is 6.45. The summed E-state index contributed by atoms with van der Waals surface area (Å²) in [4.78, 5) is 9.17. The van der Waals surface area contributed by atoms with Gasteiger partial charge in [-0.15, -0.1) is 0 Å². The molecule has 0 saturated heterocycles. The van der Waals surface area contributed by atoms with E-state index >= 15 is 0 Å². The number of rotatable bonds is 6. The Balaban J connectivity index is 1.84. The molecule has 0 aliphatic heterocycles. The summed E-state index contributed by atoms with van der Waals surface area (Å²) < 4.78 is 7.85. The standard InChI is InChI=1S/C22H20ClN3O/c1-2-3-14-27-18-11-7-10-17(15-18)19-20-21(23)24-12-13-26(20)22(25-19)16-8-5-4-6-9-16/h4-13,15H,2-3,14H2,1H3. The van der Waals surface area contributed by atoms with Gasteiger partial charge >= 0.3 is 0 Å². The minimum Gasteiger partial charge on any atom is -0.494 e. The maximum atomic E-state index is 6.45. The summed E-state index contributed by atoms with van der Waals surface area (Å²) in [5, 5.41) is 0.430. The van der Waals surface area contributed by atoms with Gasteiger partial charge in [-0.3, -0.25) is 4.40 Å². The van der Waals surface area contributed by atoms with Crippen LogP contribution in [0.1, 0.15) is 19.8 Å². The first kappa shape index (κ1) is 17.6. The number of fused-ring (bicyclic) bond motifs is 1. The number of hydrogen-bond acceptors (Lipinski definition) is 3. The highest BCUT2D eigenvalue weighted by Gasteiger charge is 2.17. The van der Waals surface area contributed by atoms with Crippen LogP contribution < -0.4 is 4.74 Å². The van der Waals surface area contributed by atoms with E-state index in [4.69, 9.17) is 21.3 Å². The molecule has 0 fully saturated rings. The quantitative estimate of drug-likeness (QED) is 0.393. The van der Waals surface area contributed by atoms with E-state index in [9.17, 15) is 0 Å². The van der Waals surface area contributed by atoms with Crippen LogP contribution in [0.4, 0.5) is 0 Å². The van der Waals surface area contributed by atoms with Gasteiger partial charge in [0.2, 0.25) is 0 Å². The van der Waals surface area contributed by atoms with E-state index in [1.165, 1.54) is 0 Å². The smallest absolute Gasteiger partial charge is 0.155 e. The Morgan fingerprint density at radius 1 is 1.04 bits per heavy atom. The molecule has 0 N–H and O–H groups in total. The van der Waals surface area contributed by atoms with Gasteiger partial charge in [-0.05, 0) is 18.6 Å². The predicted octanol–water partition coefficient (Wildman–Crippen LogP) is 5.90. The molecule has 27 heavy (non-hydrogen) atoms. The lowest BCUT2D eigenvalue weighted by atomic mass is 10.1. The Bertz CT molecular complexity index is 1060. The molecule has 136 valence electrons. The molecule has 4 rings (SSSR count).